The summed E-state index contributed by atoms with van der Waals surface area (Å²) in [4.78, 5) is 11.9. The van der Waals surface area contributed by atoms with Crippen molar-refractivity contribution in [2.45, 2.75) is 26.3 Å². The molecule has 6 heteroatoms. The Kier molecular flexibility index (Phi) is 5.52. The van der Waals surface area contributed by atoms with Crippen molar-refractivity contribution in [1.82, 2.24) is 5.16 Å². The van der Waals surface area contributed by atoms with Crippen molar-refractivity contribution in [3.63, 3.8) is 0 Å². The number of rotatable bonds is 6. The smallest absolute Gasteiger partial charge is 0.280 e. The summed E-state index contributed by atoms with van der Waals surface area (Å²) in [5.74, 6) is 1.05. The van der Waals surface area contributed by atoms with Gasteiger partial charge in [0.05, 0.1) is 0 Å². The van der Waals surface area contributed by atoms with Crippen molar-refractivity contribution in [3.05, 3.63) is 46.1 Å². The van der Waals surface area contributed by atoms with E-state index in [0.717, 1.165) is 10.9 Å². The van der Waals surface area contributed by atoms with Gasteiger partial charge >= 0.3 is 0 Å². The number of hydrogen-bond acceptors (Lipinski definition) is 3. The van der Waals surface area contributed by atoms with Crippen LogP contribution in [0.5, 0.6) is 0 Å². The SMILES string of the molecule is CC[C@H]([NH2+]CC(=O)Nc1cc(C)on1)c1ccc(Br)cc1. The maximum Gasteiger partial charge on any atom is 0.280 e. The van der Waals surface area contributed by atoms with Crippen LogP contribution in [0, 0.1) is 6.92 Å². The summed E-state index contributed by atoms with van der Waals surface area (Å²) in [6.07, 6.45) is 0.956. The summed E-state index contributed by atoms with van der Waals surface area (Å²) in [5.41, 5.74) is 1.21. The summed E-state index contributed by atoms with van der Waals surface area (Å²) in [7, 11) is 0. The van der Waals surface area contributed by atoms with Gasteiger partial charge in [0.15, 0.2) is 12.4 Å². The van der Waals surface area contributed by atoms with Gasteiger partial charge in [-0.25, -0.2) is 0 Å². The van der Waals surface area contributed by atoms with Crippen molar-refractivity contribution in [3.8, 4) is 0 Å². The third-order valence-corrected chi connectivity index (χ3v) is 3.75. The van der Waals surface area contributed by atoms with E-state index in [1.807, 2.05) is 17.4 Å². The van der Waals surface area contributed by atoms with Gasteiger partial charge in [0.2, 0.25) is 0 Å². The van der Waals surface area contributed by atoms with Crippen LogP contribution in [-0.4, -0.2) is 17.6 Å². The maximum atomic E-state index is 11.9. The van der Waals surface area contributed by atoms with Crippen molar-refractivity contribution in [2.75, 3.05) is 11.9 Å². The zero-order valence-electron chi connectivity index (χ0n) is 12.1. The third-order valence-electron chi connectivity index (χ3n) is 3.22. The van der Waals surface area contributed by atoms with E-state index in [1.54, 1.807) is 13.0 Å². The van der Waals surface area contributed by atoms with Crippen LogP contribution in [0.3, 0.4) is 0 Å². The number of nitrogens with one attached hydrogen (secondary N) is 1. The molecule has 21 heavy (non-hydrogen) atoms. The molecular weight excluding hydrogens is 334 g/mol. The topological polar surface area (TPSA) is 71.7 Å². The number of nitrogens with two attached hydrogens (primary N) is 1. The van der Waals surface area contributed by atoms with Crippen LogP contribution < -0.4 is 10.6 Å². The van der Waals surface area contributed by atoms with Gasteiger partial charge in [0, 0.05) is 22.5 Å². The number of aromatic nitrogens is 1. The minimum absolute atomic E-state index is 0.0844. The average molecular weight is 353 g/mol. The third kappa shape index (κ3) is 4.68. The van der Waals surface area contributed by atoms with Gasteiger partial charge in [0.1, 0.15) is 11.8 Å². The number of benzene rings is 1. The van der Waals surface area contributed by atoms with Crippen molar-refractivity contribution in [1.29, 1.82) is 0 Å². The number of halogens is 1. The molecule has 112 valence electrons. The highest BCUT2D eigenvalue weighted by Gasteiger charge is 2.15. The number of carbonyl (C=O) groups excluding carboxylic acids is 1. The number of anilines is 1. The fourth-order valence-electron chi connectivity index (χ4n) is 2.12. The molecule has 0 spiro atoms. The molecule has 3 N–H and O–H groups in total. The van der Waals surface area contributed by atoms with Crippen molar-refractivity contribution in [2.24, 2.45) is 0 Å². The number of quaternary nitrogens is 1. The number of nitrogens with zero attached hydrogens (tertiary/aromatic N) is 1. The lowest BCUT2D eigenvalue weighted by Crippen LogP contribution is -2.87. The largest absolute Gasteiger partial charge is 0.360 e. The van der Waals surface area contributed by atoms with Crippen LogP contribution in [-0.2, 0) is 4.79 Å². The Morgan fingerprint density at radius 3 is 2.71 bits per heavy atom. The first-order valence-corrected chi connectivity index (χ1v) is 7.69. The zero-order chi connectivity index (χ0) is 15.2. The molecule has 0 fully saturated rings. The lowest BCUT2D eigenvalue weighted by molar-refractivity contribution is -0.686. The van der Waals surface area contributed by atoms with Crippen LogP contribution in [0.1, 0.15) is 30.7 Å². The molecule has 1 heterocycles. The van der Waals surface area contributed by atoms with Crippen LogP contribution in [0.15, 0.2) is 39.3 Å². The standard InChI is InChI=1S/C15H18BrN3O2/c1-3-13(11-4-6-12(16)7-5-11)17-9-15(20)18-14-8-10(2)21-19-14/h4-8,13,17H,3,9H2,1-2H3,(H,18,19,20)/p+1/t13-/m0/s1. The molecule has 0 saturated heterocycles. The second-order valence-electron chi connectivity index (χ2n) is 4.88. The Balaban J connectivity index is 1.87. The molecule has 0 saturated carbocycles. The molecule has 1 atom stereocenters. The number of carbonyl (C=O) groups is 1. The second-order valence-corrected chi connectivity index (χ2v) is 5.79. The fraction of sp³-hybridized carbons (Fsp3) is 0.333. The molecule has 5 nitrogen and oxygen atoms in total. The van der Waals surface area contributed by atoms with Crippen molar-refractivity contribution < 1.29 is 14.6 Å². The summed E-state index contributed by atoms with van der Waals surface area (Å²) in [6, 6.07) is 10.2. The molecule has 1 amide bonds. The molecule has 2 rings (SSSR count). The minimum Gasteiger partial charge on any atom is -0.360 e. The highest BCUT2D eigenvalue weighted by Crippen LogP contribution is 2.16. The molecule has 2 aromatic rings. The lowest BCUT2D eigenvalue weighted by atomic mass is 10.0. The summed E-state index contributed by atoms with van der Waals surface area (Å²) < 4.78 is 5.97. The molecule has 1 aromatic carbocycles. The molecule has 0 aliphatic heterocycles. The van der Waals surface area contributed by atoms with E-state index in [0.29, 0.717) is 18.1 Å². The molecule has 0 aliphatic carbocycles. The van der Waals surface area contributed by atoms with Gasteiger partial charge in [-0.2, -0.15) is 0 Å². The van der Waals surface area contributed by atoms with Gasteiger partial charge in [-0.15, -0.1) is 0 Å². The van der Waals surface area contributed by atoms with Gasteiger partial charge in [-0.1, -0.05) is 40.1 Å². The van der Waals surface area contributed by atoms with Crippen LogP contribution in [0.4, 0.5) is 5.82 Å². The first-order valence-electron chi connectivity index (χ1n) is 6.90. The Hall–Kier alpha value is -1.66. The number of hydrogen-bond donors (Lipinski definition) is 2. The van der Waals surface area contributed by atoms with E-state index in [4.69, 9.17) is 4.52 Å². The Labute approximate surface area is 132 Å². The molecule has 0 bridgehead atoms. The summed E-state index contributed by atoms with van der Waals surface area (Å²) in [5, 5.41) is 8.50. The lowest BCUT2D eigenvalue weighted by Gasteiger charge is -2.13. The summed E-state index contributed by atoms with van der Waals surface area (Å²) >= 11 is 3.43. The zero-order valence-corrected chi connectivity index (χ0v) is 13.7. The second kappa shape index (κ2) is 7.38. The van der Waals surface area contributed by atoms with E-state index in [9.17, 15) is 4.79 Å². The number of amides is 1. The fourth-order valence-corrected chi connectivity index (χ4v) is 2.38. The molecular formula is C15H19BrN3O2+. The van der Waals surface area contributed by atoms with Crippen molar-refractivity contribution >= 4 is 27.7 Å². The van der Waals surface area contributed by atoms with E-state index < -0.39 is 0 Å². The van der Waals surface area contributed by atoms with Crippen LogP contribution in [0.2, 0.25) is 0 Å². The first-order chi connectivity index (χ1) is 10.1. The van der Waals surface area contributed by atoms with E-state index in [1.165, 1.54) is 5.56 Å². The van der Waals surface area contributed by atoms with Crippen LogP contribution in [0.25, 0.3) is 0 Å². The van der Waals surface area contributed by atoms with Crippen LogP contribution >= 0.6 is 15.9 Å². The van der Waals surface area contributed by atoms with E-state index in [-0.39, 0.29) is 11.9 Å². The Morgan fingerprint density at radius 2 is 2.14 bits per heavy atom. The van der Waals surface area contributed by atoms with Gasteiger partial charge in [0.25, 0.3) is 5.91 Å². The predicted molar refractivity (Wildman–Crippen MR) is 83.8 cm³/mol. The van der Waals surface area contributed by atoms with Gasteiger partial charge in [-0.3, -0.25) is 4.79 Å². The average Bonchev–Trinajstić information content (AvgIpc) is 2.86. The molecule has 0 radical (unpaired) electrons. The number of aryl methyl sites for hydroxylation is 1. The van der Waals surface area contributed by atoms with Gasteiger partial charge in [-0.05, 0) is 19.1 Å². The monoisotopic (exact) mass is 352 g/mol. The quantitative estimate of drug-likeness (QED) is 0.838. The first kappa shape index (κ1) is 15.7. The molecule has 1 aromatic heterocycles. The van der Waals surface area contributed by atoms with E-state index >= 15 is 0 Å². The van der Waals surface area contributed by atoms with E-state index in [2.05, 4.69) is 45.5 Å². The maximum absolute atomic E-state index is 11.9. The molecule has 0 unspecified atom stereocenters. The highest BCUT2D eigenvalue weighted by molar-refractivity contribution is 9.10. The molecule has 0 aliphatic rings. The highest BCUT2D eigenvalue weighted by atomic mass is 79.9. The predicted octanol–water partition coefficient (Wildman–Crippen LogP) is 2.40. The normalized spacial score (nSPS) is 12.1. The Bertz CT molecular complexity index is 595. The summed E-state index contributed by atoms with van der Waals surface area (Å²) in [6.45, 7) is 4.25. The van der Waals surface area contributed by atoms with Gasteiger partial charge < -0.3 is 15.2 Å². The minimum atomic E-state index is -0.0844. The Morgan fingerprint density at radius 1 is 1.43 bits per heavy atom.